The second kappa shape index (κ2) is 3.05. The van der Waals surface area contributed by atoms with Gasteiger partial charge in [0.1, 0.15) is 0 Å². The van der Waals surface area contributed by atoms with E-state index < -0.39 is 0 Å². The van der Waals surface area contributed by atoms with Crippen molar-refractivity contribution in [2.24, 2.45) is 0 Å². The second-order valence-corrected chi connectivity index (χ2v) is 4.13. The standard InChI is InChI=1S/C11H9I/c1-8-5-6-9-3-2-4-11(12)10(9)7-8/h2-7H,1H3. The Kier molecular flexibility index (Phi) is 2.05. The minimum absolute atomic E-state index is 1.33. The van der Waals surface area contributed by atoms with Crippen molar-refractivity contribution < 1.29 is 0 Å². The molecule has 1 heteroatoms. The molecule has 0 fully saturated rings. The third-order valence-electron chi connectivity index (χ3n) is 1.98. The largest absolute Gasteiger partial charge is 0.0606 e. The summed E-state index contributed by atoms with van der Waals surface area (Å²) in [5.41, 5.74) is 1.33. The Hall–Kier alpha value is -0.570. The molecule has 12 heavy (non-hydrogen) atoms. The fourth-order valence-corrected chi connectivity index (χ4v) is 2.02. The van der Waals surface area contributed by atoms with Gasteiger partial charge < -0.3 is 0 Å². The van der Waals surface area contributed by atoms with Gasteiger partial charge in [-0.3, -0.25) is 0 Å². The Morgan fingerprint density at radius 1 is 1.08 bits per heavy atom. The van der Waals surface area contributed by atoms with E-state index in [1.807, 2.05) is 0 Å². The Labute approximate surface area is 85.7 Å². The molecule has 0 saturated heterocycles. The van der Waals surface area contributed by atoms with Crippen LogP contribution < -0.4 is 0 Å². The lowest BCUT2D eigenvalue weighted by Gasteiger charge is -2.00. The number of rotatable bonds is 0. The van der Waals surface area contributed by atoms with E-state index in [1.54, 1.807) is 0 Å². The molecular weight excluding hydrogens is 259 g/mol. The number of benzene rings is 2. The monoisotopic (exact) mass is 268 g/mol. The summed E-state index contributed by atoms with van der Waals surface area (Å²) >= 11 is 2.37. The van der Waals surface area contributed by atoms with Gasteiger partial charge in [0.25, 0.3) is 0 Å². The number of aryl methyl sites for hydroxylation is 1. The molecule has 2 rings (SSSR count). The Bertz CT molecular complexity index is 418. The zero-order chi connectivity index (χ0) is 8.55. The van der Waals surface area contributed by atoms with Crippen molar-refractivity contribution in [3.05, 3.63) is 45.5 Å². The van der Waals surface area contributed by atoms with Gasteiger partial charge in [0.2, 0.25) is 0 Å². The van der Waals surface area contributed by atoms with Crippen molar-refractivity contribution in [1.29, 1.82) is 0 Å². The van der Waals surface area contributed by atoms with Crippen molar-refractivity contribution in [2.75, 3.05) is 0 Å². The summed E-state index contributed by atoms with van der Waals surface area (Å²) in [6, 6.07) is 12.9. The first-order valence-corrected chi connectivity index (χ1v) is 5.00. The maximum Gasteiger partial charge on any atom is 0.0208 e. The molecule has 0 saturated carbocycles. The van der Waals surface area contributed by atoms with Crippen molar-refractivity contribution in [2.45, 2.75) is 6.92 Å². The summed E-state index contributed by atoms with van der Waals surface area (Å²) in [6.45, 7) is 2.13. The fraction of sp³-hybridized carbons (Fsp3) is 0.0909. The normalized spacial score (nSPS) is 10.5. The molecule has 0 spiro atoms. The highest BCUT2D eigenvalue weighted by Crippen LogP contribution is 2.21. The number of hydrogen-bond acceptors (Lipinski definition) is 0. The molecule has 0 aliphatic heterocycles. The smallest absolute Gasteiger partial charge is 0.0208 e. The molecular formula is C11H9I. The van der Waals surface area contributed by atoms with Gasteiger partial charge in [-0.2, -0.15) is 0 Å². The van der Waals surface area contributed by atoms with Crippen LogP contribution in [0.3, 0.4) is 0 Å². The maximum atomic E-state index is 2.37. The van der Waals surface area contributed by atoms with Crippen LogP contribution >= 0.6 is 22.6 Å². The topological polar surface area (TPSA) is 0 Å². The molecule has 0 unspecified atom stereocenters. The lowest BCUT2D eigenvalue weighted by molar-refractivity contribution is 1.50. The van der Waals surface area contributed by atoms with Gasteiger partial charge in [-0.15, -0.1) is 0 Å². The molecule has 0 aliphatic rings. The van der Waals surface area contributed by atoms with E-state index in [4.69, 9.17) is 0 Å². The van der Waals surface area contributed by atoms with Crippen molar-refractivity contribution in [3.8, 4) is 0 Å². The van der Waals surface area contributed by atoms with E-state index in [9.17, 15) is 0 Å². The van der Waals surface area contributed by atoms with E-state index in [2.05, 4.69) is 65.9 Å². The van der Waals surface area contributed by atoms with Crippen LogP contribution in [0, 0.1) is 10.5 Å². The highest BCUT2D eigenvalue weighted by Gasteiger charge is 1.96. The Balaban J connectivity index is 2.88. The number of halogens is 1. The molecule has 2 aromatic carbocycles. The molecule has 0 heterocycles. The fourth-order valence-electron chi connectivity index (χ4n) is 1.35. The molecule has 0 nitrogen and oxygen atoms in total. The highest BCUT2D eigenvalue weighted by molar-refractivity contribution is 14.1. The average Bonchev–Trinajstić information content (AvgIpc) is 2.07. The van der Waals surface area contributed by atoms with Gasteiger partial charge in [0.15, 0.2) is 0 Å². The van der Waals surface area contributed by atoms with Crippen LogP contribution in [0.4, 0.5) is 0 Å². The summed E-state index contributed by atoms with van der Waals surface area (Å²) in [5.74, 6) is 0. The molecule has 0 atom stereocenters. The van der Waals surface area contributed by atoms with Gasteiger partial charge in [-0.05, 0) is 46.4 Å². The summed E-state index contributed by atoms with van der Waals surface area (Å²) < 4.78 is 1.33. The van der Waals surface area contributed by atoms with Gasteiger partial charge in [-0.25, -0.2) is 0 Å². The van der Waals surface area contributed by atoms with Gasteiger partial charge in [0.05, 0.1) is 0 Å². The average molecular weight is 268 g/mol. The third-order valence-corrected chi connectivity index (χ3v) is 2.93. The van der Waals surface area contributed by atoms with Gasteiger partial charge in [-0.1, -0.05) is 35.9 Å². The van der Waals surface area contributed by atoms with Gasteiger partial charge in [0, 0.05) is 3.57 Å². The first kappa shape index (κ1) is 8.05. The molecule has 0 aliphatic carbocycles. The minimum atomic E-state index is 1.33. The lowest BCUT2D eigenvalue weighted by atomic mass is 10.1. The molecule has 0 N–H and O–H groups in total. The predicted octanol–water partition coefficient (Wildman–Crippen LogP) is 3.75. The lowest BCUT2D eigenvalue weighted by Crippen LogP contribution is -1.78. The molecule has 0 aromatic heterocycles. The first-order chi connectivity index (χ1) is 5.77. The quantitative estimate of drug-likeness (QED) is 0.638. The third kappa shape index (κ3) is 1.33. The minimum Gasteiger partial charge on any atom is -0.0606 e. The number of hydrogen-bond donors (Lipinski definition) is 0. The molecule has 60 valence electrons. The predicted molar refractivity (Wildman–Crippen MR) is 61.4 cm³/mol. The van der Waals surface area contributed by atoms with E-state index in [0.29, 0.717) is 0 Å². The maximum absolute atomic E-state index is 2.37. The SMILES string of the molecule is Cc1ccc2cccc(I)c2c1. The summed E-state index contributed by atoms with van der Waals surface area (Å²) in [5, 5.41) is 2.69. The molecule has 0 amide bonds. The second-order valence-electron chi connectivity index (χ2n) is 2.96. The van der Waals surface area contributed by atoms with Crippen molar-refractivity contribution in [3.63, 3.8) is 0 Å². The van der Waals surface area contributed by atoms with Crippen LogP contribution in [-0.2, 0) is 0 Å². The van der Waals surface area contributed by atoms with E-state index in [-0.39, 0.29) is 0 Å². The molecule has 2 aromatic rings. The van der Waals surface area contributed by atoms with E-state index in [1.165, 1.54) is 19.9 Å². The van der Waals surface area contributed by atoms with Crippen LogP contribution in [0.25, 0.3) is 10.8 Å². The highest BCUT2D eigenvalue weighted by atomic mass is 127. The van der Waals surface area contributed by atoms with E-state index in [0.717, 1.165) is 0 Å². The molecule has 0 radical (unpaired) electrons. The van der Waals surface area contributed by atoms with Crippen LogP contribution in [-0.4, -0.2) is 0 Å². The summed E-state index contributed by atoms with van der Waals surface area (Å²) in [6.07, 6.45) is 0. The first-order valence-electron chi connectivity index (χ1n) is 3.92. The Morgan fingerprint density at radius 2 is 1.92 bits per heavy atom. The summed E-state index contributed by atoms with van der Waals surface area (Å²) in [4.78, 5) is 0. The molecule has 0 bridgehead atoms. The van der Waals surface area contributed by atoms with Crippen molar-refractivity contribution >= 4 is 33.4 Å². The van der Waals surface area contributed by atoms with Crippen LogP contribution in [0.5, 0.6) is 0 Å². The Morgan fingerprint density at radius 3 is 2.75 bits per heavy atom. The number of fused-ring (bicyclic) bond motifs is 1. The van der Waals surface area contributed by atoms with Crippen LogP contribution in [0.15, 0.2) is 36.4 Å². The van der Waals surface area contributed by atoms with Gasteiger partial charge >= 0.3 is 0 Å². The van der Waals surface area contributed by atoms with Crippen LogP contribution in [0.1, 0.15) is 5.56 Å². The van der Waals surface area contributed by atoms with Crippen LogP contribution in [0.2, 0.25) is 0 Å². The zero-order valence-electron chi connectivity index (χ0n) is 6.84. The van der Waals surface area contributed by atoms with Crippen molar-refractivity contribution in [1.82, 2.24) is 0 Å². The zero-order valence-corrected chi connectivity index (χ0v) is 9.00. The summed E-state index contributed by atoms with van der Waals surface area (Å²) in [7, 11) is 0. The van der Waals surface area contributed by atoms with E-state index >= 15 is 0 Å².